The Labute approximate surface area is 111 Å². The van der Waals surface area contributed by atoms with Gasteiger partial charge >= 0.3 is 0 Å². The molecule has 18 heavy (non-hydrogen) atoms. The summed E-state index contributed by atoms with van der Waals surface area (Å²) in [6.07, 6.45) is 5.72. The van der Waals surface area contributed by atoms with Crippen molar-refractivity contribution in [2.75, 3.05) is 7.11 Å². The molecule has 3 heteroatoms. The van der Waals surface area contributed by atoms with Crippen LogP contribution < -0.4 is 10.1 Å². The zero-order valence-electron chi connectivity index (χ0n) is 12.1. The van der Waals surface area contributed by atoms with Gasteiger partial charge in [-0.15, -0.1) is 0 Å². The van der Waals surface area contributed by atoms with Gasteiger partial charge in [-0.2, -0.15) is 0 Å². The molecule has 0 bridgehead atoms. The molecule has 0 spiro atoms. The van der Waals surface area contributed by atoms with E-state index in [1.54, 1.807) is 7.11 Å². The molecule has 1 unspecified atom stereocenters. The number of hydrogen-bond acceptors (Lipinski definition) is 3. The fourth-order valence-corrected chi connectivity index (χ4v) is 1.86. The third kappa shape index (κ3) is 6.01. The van der Waals surface area contributed by atoms with Gasteiger partial charge in [0.1, 0.15) is 0 Å². The maximum Gasteiger partial charge on any atom is 0.212 e. The summed E-state index contributed by atoms with van der Waals surface area (Å²) in [6, 6.07) is 4.52. The van der Waals surface area contributed by atoms with Gasteiger partial charge < -0.3 is 10.1 Å². The molecule has 1 N–H and O–H groups in total. The van der Waals surface area contributed by atoms with Gasteiger partial charge in [0.25, 0.3) is 0 Å². The van der Waals surface area contributed by atoms with Crippen LogP contribution in [0.15, 0.2) is 18.3 Å². The maximum atomic E-state index is 5.04. The molecule has 0 fully saturated rings. The molecule has 0 aliphatic rings. The summed E-state index contributed by atoms with van der Waals surface area (Å²) >= 11 is 0. The van der Waals surface area contributed by atoms with Crippen molar-refractivity contribution in [3.8, 4) is 5.88 Å². The quantitative estimate of drug-likeness (QED) is 0.768. The minimum Gasteiger partial charge on any atom is -0.481 e. The Morgan fingerprint density at radius 3 is 2.56 bits per heavy atom. The number of hydrogen-bond donors (Lipinski definition) is 1. The molecule has 1 atom stereocenters. The molecular formula is C15H26N2O. The normalized spacial score (nSPS) is 12.7. The second kappa shape index (κ2) is 8.09. The predicted molar refractivity (Wildman–Crippen MR) is 75.8 cm³/mol. The van der Waals surface area contributed by atoms with Crippen LogP contribution >= 0.6 is 0 Å². The van der Waals surface area contributed by atoms with Gasteiger partial charge in [0.2, 0.25) is 5.88 Å². The fourth-order valence-electron chi connectivity index (χ4n) is 1.86. The molecular weight excluding hydrogens is 224 g/mol. The molecule has 1 aromatic rings. The summed E-state index contributed by atoms with van der Waals surface area (Å²) in [5.74, 6) is 1.48. The average molecular weight is 250 g/mol. The van der Waals surface area contributed by atoms with Gasteiger partial charge in [0, 0.05) is 24.8 Å². The molecule has 1 rings (SSSR count). The van der Waals surface area contributed by atoms with Crippen LogP contribution in [0.1, 0.15) is 45.6 Å². The first-order valence-electron chi connectivity index (χ1n) is 6.84. The maximum absolute atomic E-state index is 5.04. The van der Waals surface area contributed by atoms with Crippen LogP contribution in [-0.2, 0) is 6.54 Å². The molecule has 3 nitrogen and oxygen atoms in total. The van der Waals surface area contributed by atoms with Gasteiger partial charge in [0.15, 0.2) is 0 Å². The first-order valence-corrected chi connectivity index (χ1v) is 6.84. The van der Waals surface area contributed by atoms with Gasteiger partial charge in [-0.3, -0.25) is 0 Å². The standard InChI is InChI=1S/C15H26N2O/c1-12(2)6-5-7-13(3)16-10-14-8-9-15(18-4)17-11-14/h8-9,11-13,16H,5-7,10H2,1-4H3. The van der Waals surface area contributed by atoms with E-state index in [-0.39, 0.29) is 0 Å². The minimum atomic E-state index is 0.561. The lowest BCUT2D eigenvalue weighted by Gasteiger charge is -2.14. The van der Waals surface area contributed by atoms with Gasteiger partial charge in [0.05, 0.1) is 7.11 Å². The molecule has 0 radical (unpaired) electrons. The molecule has 0 amide bonds. The molecule has 0 saturated carbocycles. The third-order valence-electron chi connectivity index (χ3n) is 3.08. The van der Waals surface area contributed by atoms with Crippen molar-refractivity contribution in [3.63, 3.8) is 0 Å². The van der Waals surface area contributed by atoms with E-state index >= 15 is 0 Å². The van der Waals surface area contributed by atoms with E-state index in [1.165, 1.54) is 24.8 Å². The Hall–Kier alpha value is -1.09. The van der Waals surface area contributed by atoms with Crippen LogP contribution in [0, 0.1) is 5.92 Å². The smallest absolute Gasteiger partial charge is 0.212 e. The minimum absolute atomic E-state index is 0.561. The number of rotatable bonds is 8. The van der Waals surface area contributed by atoms with Gasteiger partial charge in [-0.1, -0.05) is 32.8 Å². The fraction of sp³-hybridized carbons (Fsp3) is 0.667. The third-order valence-corrected chi connectivity index (χ3v) is 3.08. The number of methoxy groups -OCH3 is 1. The van der Waals surface area contributed by atoms with Gasteiger partial charge in [-0.25, -0.2) is 4.98 Å². The van der Waals surface area contributed by atoms with Crippen LogP contribution in [0.2, 0.25) is 0 Å². The summed E-state index contributed by atoms with van der Waals surface area (Å²) in [5, 5.41) is 3.53. The van der Waals surface area contributed by atoms with Crippen molar-refractivity contribution < 1.29 is 4.74 Å². The lowest BCUT2D eigenvalue weighted by molar-refractivity contribution is 0.397. The summed E-state index contributed by atoms with van der Waals surface area (Å²) < 4.78 is 5.04. The number of pyridine rings is 1. The molecule has 0 aliphatic heterocycles. The Morgan fingerprint density at radius 1 is 1.22 bits per heavy atom. The monoisotopic (exact) mass is 250 g/mol. The van der Waals surface area contributed by atoms with E-state index in [0.29, 0.717) is 11.9 Å². The SMILES string of the molecule is COc1ccc(CNC(C)CCCC(C)C)cn1. The number of aromatic nitrogens is 1. The summed E-state index contributed by atoms with van der Waals surface area (Å²) in [4.78, 5) is 4.20. The van der Waals surface area contributed by atoms with Crippen molar-refractivity contribution in [1.82, 2.24) is 10.3 Å². The highest BCUT2D eigenvalue weighted by Crippen LogP contribution is 2.10. The Kier molecular flexibility index (Phi) is 6.73. The van der Waals surface area contributed by atoms with E-state index in [1.807, 2.05) is 12.3 Å². The van der Waals surface area contributed by atoms with Crippen LogP contribution in [-0.4, -0.2) is 18.1 Å². The second-order valence-corrected chi connectivity index (χ2v) is 5.32. The first-order chi connectivity index (χ1) is 8.61. The number of nitrogens with one attached hydrogen (secondary N) is 1. The molecule has 0 aromatic carbocycles. The van der Waals surface area contributed by atoms with Crippen molar-refractivity contribution in [2.45, 2.75) is 52.6 Å². The average Bonchev–Trinajstić information content (AvgIpc) is 2.36. The van der Waals surface area contributed by atoms with Crippen LogP contribution in [0.3, 0.4) is 0 Å². The summed E-state index contributed by atoms with van der Waals surface area (Å²) in [5.41, 5.74) is 1.20. The molecule has 1 aromatic heterocycles. The highest BCUT2D eigenvalue weighted by atomic mass is 16.5. The molecule has 1 heterocycles. The highest BCUT2D eigenvalue weighted by molar-refractivity contribution is 5.17. The van der Waals surface area contributed by atoms with Gasteiger partial charge in [-0.05, 0) is 24.8 Å². The lowest BCUT2D eigenvalue weighted by atomic mass is 10.0. The largest absolute Gasteiger partial charge is 0.481 e. The van der Waals surface area contributed by atoms with Crippen molar-refractivity contribution in [1.29, 1.82) is 0 Å². The number of nitrogens with zero attached hydrogens (tertiary/aromatic N) is 1. The second-order valence-electron chi connectivity index (χ2n) is 5.32. The first kappa shape index (κ1) is 15.0. The lowest BCUT2D eigenvalue weighted by Crippen LogP contribution is -2.25. The molecule has 0 saturated heterocycles. The Balaban J connectivity index is 2.22. The highest BCUT2D eigenvalue weighted by Gasteiger charge is 2.03. The van der Waals surface area contributed by atoms with Crippen LogP contribution in [0.5, 0.6) is 5.88 Å². The Bertz CT molecular complexity index is 322. The summed E-state index contributed by atoms with van der Waals surface area (Å²) in [6.45, 7) is 7.68. The van der Waals surface area contributed by atoms with E-state index in [0.717, 1.165) is 12.5 Å². The van der Waals surface area contributed by atoms with E-state index in [2.05, 4.69) is 37.1 Å². The van der Waals surface area contributed by atoms with Crippen LogP contribution in [0.25, 0.3) is 0 Å². The molecule has 102 valence electrons. The van der Waals surface area contributed by atoms with Crippen molar-refractivity contribution >= 4 is 0 Å². The number of ether oxygens (including phenoxy) is 1. The molecule has 0 aliphatic carbocycles. The van der Waals surface area contributed by atoms with Crippen molar-refractivity contribution in [3.05, 3.63) is 23.9 Å². The predicted octanol–water partition coefficient (Wildman–Crippen LogP) is 3.39. The zero-order valence-corrected chi connectivity index (χ0v) is 12.1. The zero-order chi connectivity index (χ0) is 13.4. The van der Waals surface area contributed by atoms with Crippen molar-refractivity contribution in [2.24, 2.45) is 5.92 Å². The van der Waals surface area contributed by atoms with E-state index in [4.69, 9.17) is 4.74 Å². The topological polar surface area (TPSA) is 34.1 Å². The van der Waals surface area contributed by atoms with E-state index < -0.39 is 0 Å². The Morgan fingerprint density at radius 2 is 2.00 bits per heavy atom. The van der Waals surface area contributed by atoms with E-state index in [9.17, 15) is 0 Å². The van der Waals surface area contributed by atoms with Crippen LogP contribution in [0.4, 0.5) is 0 Å². The summed E-state index contributed by atoms with van der Waals surface area (Å²) in [7, 11) is 1.64.